The molecule has 0 aliphatic carbocycles. The summed E-state index contributed by atoms with van der Waals surface area (Å²) in [6.45, 7) is 11.6. The maximum Gasteiger partial charge on any atom is 0.0782 e. The first kappa shape index (κ1) is 14.2. The Balaban J connectivity index is 2.49. The minimum Gasteiger partial charge on any atom is -0.0987 e. The first-order chi connectivity index (χ1) is 9.00. The summed E-state index contributed by atoms with van der Waals surface area (Å²) in [6, 6.07) is 21.6. The fraction of sp³-hybridized carbons (Fsp3) is 0.176. The van der Waals surface area contributed by atoms with Gasteiger partial charge in [-0.05, 0) is 18.5 Å². The summed E-state index contributed by atoms with van der Waals surface area (Å²) in [5.74, 6) is 0. The van der Waals surface area contributed by atoms with Crippen LogP contribution in [-0.4, -0.2) is 8.07 Å². The lowest BCUT2D eigenvalue weighted by atomic mass is 10.4. The molecule has 0 saturated carbocycles. The van der Waals surface area contributed by atoms with Gasteiger partial charge in [-0.1, -0.05) is 91.8 Å². The summed E-state index contributed by atoms with van der Waals surface area (Å²) < 4.78 is 0. The van der Waals surface area contributed by atoms with Gasteiger partial charge in [-0.15, -0.1) is 0 Å². The van der Waals surface area contributed by atoms with Gasteiger partial charge in [0.15, 0.2) is 0 Å². The largest absolute Gasteiger partial charge is 0.0987 e. The third-order valence-corrected chi connectivity index (χ3v) is 9.75. The van der Waals surface area contributed by atoms with E-state index in [4.69, 9.17) is 0 Å². The molecule has 0 fully saturated rings. The van der Waals surface area contributed by atoms with Crippen LogP contribution in [-0.2, 0) is 0 Å². The van der Waals surface area contributed by atoms with Gasteiger partial charge in [0.05, 0.1) is 8.07 Å². The van der Waals surface area contributed by atoms with Gasteiger partial charge in [-0.2, -0.15) is 0 Å². The Kier molecular flexibility index (Phi) is 4.39. The van der Waals surface area contributed by atoms with Gasteiger partial charge in [0, 0.05) is 0 Å². The summed E-state index contributed by atoms with van der Waals surface area (Å²) in [5.41, 5.74) is 0. The second-order valence-corrected chi connectivity index (χ2v) is 13.5. The number of rotatable bonds is 4. The van der Waals surface area contributed by atoms with Gasteiger partial charge in [0.1, 0.15) is 0 Å². The Bertz CT molecular complexity index is 501. The van der Waals surface area contributed by atoms with Crippen LogP contribution in [0.15, 0.2) is 72.2 Å². The fourth-order valence-corrected chi connectivity index (χ4v) is 7.27. The van der Waals surface area contributed by atoms with Crippen LogP contribution in [0.25, 0.3) is 0 Å². The third kappa shape index (κ3) is 3.43. The van der Waals surface area contributed by atoms with Crippen molar-refractivity contribution in [2.75, 3.05) is 0 Å². The van der Waals surface area contributed by atoms with Crippen molar-refractivity contribution in [1.82, 2.24) is 0 Å². The van der Waals surface area contributed by atoms with Crippen LogP contribution in [0.1, 0.15) is 0 Å². The molecule has 2 aromatic rings. The highest BCUT2D eigenvalue weighted by Gasteiger charge is 2.27. The van der Waals surface area contributed by atoms with Gasteiger partial charge in [0.25, 0.3) is 0 Å². The average molecular weight is 284 g/mol. The van der Waals surface area contributed by atoms with E-state index in [0.29, 0.717) is 0 Å². The lowest BCUT2D eigenvalue weighted by Gasteiger charge is -2.29. The quantitative estimate of drug-likeness (QED) is 0.572. The van der Waals surface area contributed by atoms with Crippen LogP contribution in [0.5, 0.6) is 0 Å². The van der Waals surface area contributed by atoms with Crippen molar-refractivity contribution in [2.24, 2.45) is 0 Å². The zero-order chi connectivity index (χ0) is 13.9. The second-order valence-electron chi connectivity index (χ2n) is 5.70. The van der Waals surface area contributed by atoms with E-state index in [1.807, 2.05) is 0 Å². The van der Waals surface area contributed by atoms with Gasteiger partial charge < -0.3 is 0 Å². The van der Waals surface area contributed by atoms with Gasteiger partial charge in [-0.25, -0.2) is 0 Å². The molecule has 0 aromatic heterocycles. The molecule has 0 heterocycles. The Morgan fingerprint density at radius 3 is 1.47 bits per heavy atom. The standard InChI is InChI=1S/C17H21PSi/c1-15(19(2,3)4)18(16-11-7-5-8-12-16)17-13-9-6-10-14-17/h5-14H,1H2,2-4H3. The Hall–Kier alpha value is -1.17. The molecule has 2 aromatic carbocycles. The fourth-order valence-electron chi connectivity index (χ4n) is 1.95. The molecule has 0 atom stereocenters. The van der Waals surface area contributed by atoms with Crippen molar-refractivity contribution in [1.29, 1.82) is 0 Å². The van der Waals surface area contributed by atoms with E-state index >= 15 is 0 Å². The van der Waals surface area contributed by atoms with E-state index in [1.54, 1.807) is 0 Å². The van der Waals surface area contributed by atoms with Crippen molar-refractivity contribution in [2.45, 2.75) is 19.6 Å². The molecule has 19 heavy (non-hydrogen) atoms. The first-order valence-corrected chi connectivity index (χ1v) is 11.4. The third-order valence-electron chi connectivity index (χ3n) is 3.16. The Morgan fingerprint density at radius 1 is 0.789 bits per heavy atom. The lowest BCUT2D eigenvalue weighted by Crippen LogP contribution is -2.27. The van der Waals surface area contributed by atoms with Crippen LogP contribution in [0.2, 0.25) is 19.6 Å². The predicted molar refractivity (Wildman–Crippen MR) is 91.6 cm³/mol. The van der Waals surface area contributed by atoms with E-state index < -0.39 is 16.0 Å². The molecule has 0 radical (unpaired) electrons. The summed E-state index contributed by atoms with van der Waals surface area (Å²) in [6.07, 6.45) is 0. The van der Waals surface area contributed by atoms with E-state index in [9.17, 15) is 0 Å². The van der Waals surface area contributed by atoms with Gasteiger partial charge in [-0.3, -0.25) is 0 Å². The molecule has 0 aliphatic rings. The highest BCUT2D eigenvalue weighted by molar-refractivity contribution is 7.79. The van der Waals surface area contributed by atoms with Crippen LogP contribution in [0, 0.1) is 0 Å². The molecule has 0 saturated heterocycles. The summed E-state index contributed by atoms with van der Waals surface area (Å²) in [4.78, 5) is 1.46. The van der Waals surface area contributed by atoms with Crippen LogP contribution in [0.3, 0.4) is 0 Å². The minimum absolute atomic E-state index is 0.433. The topological polar surface area (TPSA) is 0 Å². The van der Waals surface area contributed by atoms with E-state index in [2.05, 4.69) is 86.9 Å². The molecule has 2 rings (SSSR count). The number of hydrogen-bond donors (Lipinski definition) is 0. The molecule has 0 spiro atoms. The molecule has 0 aliphatic heterocycles. The normalized spacial score (nSPS) is 11.6. The predicted octanol–water partition coefficient (Wildman–Crippen LogP) is 4.51. The van der Waals surface area contributed by atoms with Crippen molar-refractivity contribution in [3.8, 4) is 0 Å². The van der Waals surface area contributed by atoms with Crippen molar-refractivity contribution in [3.05, 3.63) is 72.2 Å². The zero-order valence-corrected chi connectivity index (χ0v) is 13.8. The van der Waals surface area contributed by atoms with Crippen molar-refractivity contribution >= 4 is 26.6 Å². The maximum atomic E-state index is 4.47. The smallest absolute Gasteiger partial charge is 0.0782 e. The molecular weight excluding hydrogens is 263 g/mol. The SMILES string of the molecule is C=C(P(c1ccccc1)c1ccccc1)[Si](C)(C)C. The zero-order valence-electron chi connectivity index (χ0n) is 11.9. The van der Waals surface area contributed by atoms with Crippen molar-refractivity contribution < 1.29 is 0 Å². The van der Waals surface area contributed by atoms with E-state index in [1.165, 1.54) is 15.5 Å². The maximum absolute atomic E-state index is 4.47. The molecule has 2 heteroatoms. The molecular formula is C17H21PSi. The molecule has 98 valence electrons. The van der Waals surface area contributed by atoms with E-state index in [-0.39, 0.29) is 0 Å². The van der Waals surface area contributed by atoms with Crippen LogP contribution >= 0.6 is 7.92 Å². The summed E-state index contributed by atoms with van der Waals surface area (Å²) in [7, 11) is -1.79. The highest BCUT2D eigenvalue weighted by Crippen LogP contribution is 2.46. The summed E-state index contributed by atoms with van der Waals surface area (Å²) >= 11 is 0. The first-order valence-electron chi connectivity index (χ1n) is 6.60. The molecule has 0 bridgehead atoms. The molecule has 0 N–H and O–H groups in total. The molecule has 0 amide bonds. The number of benzene rings is 2. The Labute approximate surface area is 119 Å². The van der Waals surface area contributed by atoms with E-state index in [0.717, 1.165) is 0 Å². The lowest BCUT2D eigenvalue weighted by molar-refractivity contribution is 1.72. The second kappa shape index (κ2) is 5.86. The molecule has 0 unspecified atom stereocenters. The highest BCUT2D eigenvalue weighted by atomic mass is 31.1. The number of hydrogen-bond acceptors (Lipinski definition) is 0. The van der Waals surface area contributed by atoms with Crippen molar-refractivity contribution in [3.63, 3.8) is 0 Å². The molecule has 0 nitrogen and oxygen atoms in total. The summed E-state index contributed by atoms with van der Waals surface area (Å²) in [5, 5.41) is 2.83. The Morgan fingerprint density at radius 2 is 1.16 bits per heavy atom. The average Bonchev–Trinajstić information content (AvgIpc) is 2.40. The van der Waals surface area contributed by atoms with Gasteiger partial charge >= 0.3 is 0 Å². The van der Waals surface area contributed by atoms with Crippen LogP contribution in [0.4, 0.5) is 0 Å². The van der Waals surface area contributed by atoms with Gasteiger partial charge in [0.2, 0.25) is 0 Å². The minimum atomic E-state index is -1.35. The van der Waals surface area contributed by atoms with Crippen LogP contribution < -0.4 is 10.6 Å². The monoisotopic (exact) mass is 284 g/mol.